The molecule has 3 aliphatic rings. The SMILES string of the molecule is O=C1CCCN1CCN1CCC(N2C[C@@H](COc3ccc(F)cc3)OCC2=O)CC1. The predicted octanol–water partition coefficient (Wildman–Crippen LogP) is 1.52. The number of rotatable bonds is 7. The van der Waals surface area contributed by atoms with Crippen molar-refractivity contribution in [1.82, 2.24) is 14.7 Å². The first kappa shape index (κ1) is 21.1. The molecule has 1 atom stereocenters. The average Bonchev–Trinajstić information content (AvgIpc) is 3.18. The molecule has 0 radical (unpaired) electrons. The lowest BCUT2D eigenvalue weighted by molar-refractivity contribution is -0.155. The molecule has 3 heterocycles. The highest BCUT2D eigenvalue weighted by Crippen LogP contribution is 2.21. The molecule has 0 aliphatic carbocycles. The van der Waals surface area contributed by atoms with Gasteiger partial charge in [-0.3, -0.25) is 9.59 Å². The monoisotopic (exact) mass is 419 g/mol. The normalized spacial score (nSPS) is 24.0. The van der Waals surface area contributed by atoms with Gasteiger partial charge in [0.25, 0.3) is 0 Å². The van der Waals surface area contributed by atoms with Crippen LogP contribution in [0.4, 0.5) is 4.39 Å². The maximum Gasteiger partial charge on any atom is 0.248 e. The van der Waals surface area contributed by atoms with E-state index in [4.69, 9.17) is 9.47 Å². The summed E-state index contributed by atoms with van der Waals surface area (Å²) in [6, 6.07) is 6.12. The number of nitrogens with zero attached hydrogens (tertiary/aromatic N) is 3. The zero-order valence-corrected chi connectivity index (χ0v) is 17.3. The van der Waals surface area contributed by atoms with Crippen LogP contribution in [0.5, 0.6) is 5.75 Å². The third-order valence-corrected chi connectivity index (χ3v) is 6.27. The number of likely N-dealkylation sites (tertiary alicyclic amines) is 2. The van der Waals surface area contributed by atoms with Crippen LogP contribution in [0.15, 0.2) is 24.3 Å². The van der Waals surface area contributed by atoms with Crippen molar-refractivity contribution in [3.63, 3.8) is 0 Å². The van der Waals surface area contributed by atoms with Crippen molar-refractivity contribution in [2.45, 2.75) is 37.8 Å². The van der Waals surface area contributed by atoms with Crippen molar-refractivity contribution in [3.05, 3.63) is 30.1 Å². The highest BCUT2D eigenvalue weighted by Gasteiger charge is 2.34. The van der Waals surface area contributed by atoms with E-state index in [0.717, 1.165) is 52.0 Å². The van der Waals surface area contributed by atoms with E-state index in [2.05, 4.69) is 4.90 Å². The number of piperidine rings is 1. The van der Waals surface area contributed by atoms with Crippen LogP contribution in [0.1, 0.15) is 25.7 Å². The Bertz CT molecular complexity index is 736. The average molecular weight is 419 g/mol. The highest BCUT2D eigenvalue weighted by molar-refractivity contribution is 5.78. The molecular weight excluding hydrogens is 389 g/mol. The van der Waals surface area contributed by atoms with Gasteiger partial charge in [0.2, 0.25) is 11.8 Å². The third kappa shape index (κ3) is 5.29. The molecule has 0 N–H and O–H groups in total. The maximum atomic E-state index is 13.0. The minimum atomic E-state index is -0.300. The first-order valence-corrected chi connectivity index (χ1v) is 10.9. The van der Waals surface area contributed by atoms with Crippen molar-refractivity contribution in [1.29, 1.82) is 0 Å². The minimum Gasteiger partial charge on any atom is -0.491 e. The van der Waals surface area contributed by atoms with E-state index in [0.29, 0.717) is 25.3 Å². The predicted molar refractivity (Wildman–Crippen MR) is 109 cm³/mol. The molecule has 0 spiro atoms. The summed E-state index contributed by atoms with van der Waals surface area (Å²) in [5.41, 5.74) is 0. The quantitative estimate of drug-likeness (QED) is 0.671. The number of hydrogen-bond donors (Lipinski definition) is 0. The van der Waals surface area contributed by atoms with Gasteiger partial charge in [-0.05, 0) is 43.5 Å². The smallest absolute Gasteiger partial charge is 0.248 e. The number of ether oxygens (including phenoxy) is 2. The lowest BCUT2D eigenvalue weighted by Crippen LogP contribution is -2.55. The van der Waals surface area contributed by atoms with Gasteiger partial charge in [-0.2, -0.15) is 0 Å². The molecule has 0 saturated carbocycles. The Labute approximate surface area is 176 Å². The molecule has 0 aromatic heterocycles. The summed E-state index contributed by atoms with van der Waals surface area (Å²) in [6.07, 6.45) is 3.35. The van der Waals surface area contributed by atoms with Gasteiger partial charge in [-0.1, -0.05) is 0 Å². The summed E-state index contributed by atoms with van der Waals surface area (Å²) in [5, 5.41) is 0. The lowest BCUT2D eigenvalue weighted by Gasteiger charge is -2.42. The molecule has 8 heteroatoms. The van der Waals surface area contributed by atoms with Crippen LogP contribution in [-0.2, 0) is 14.3 Å². The van der Waals surface area contributed by atoms with E-state index in [1.54, 1.807) is 12.1 Å². The molecule has 1 aromatic carbocycles. The second-order valence-corrected chi connectivity index (χ2v) is 8.30. The molecule has 7 nitrogen and oxygen atoms in total. The molecule has 3 fully saturated rings. The van der Waals surface area contributed by atoms with E-state index in [1.165, 1.54) is 12.1 Å². The van der Waals surface area contributed by atoms with Crippen LogP contribution >= 0.6 is 0 Å². The summed E-state index contributed by atoms with van der Waals surface area (Å²) in [7, 11) is 0. The van der Waals surface area contributed by atoms with Gasteiger partial charge in [0.15, 0.2) is 0 Å². The van der Waals surface area contributed by atoms with Gasteiger partial charge in [0, 0.05) is 45.2 Å². The van der Waals surface area contributed by atoms with Gasteiger partial charge in [-0.25, -0.2) is 4.39 Å². The molecule has 30 heavy (non-hydrogen) atoms. The van der Waals surface area contributed by atoms with Crippen molar-refractivity contribution < 1.29 is 23.5 Å². The second kappa shape index (κ2) is 9.75. The Balaban J connectivity index is 1.21. The second-order valence-electron chi connectivity index (χ2n) is 8.30. The fourth-order valence-electron chi connectivity index (χ4n) is 4.48. The van der Waals surface area contributed by atoms with E-state index >= 15 is 0 Å². The number of carbonyl (C=O) groups is 2. The third-order valence-electron chi connectivity index (χ3n) is 6.27. The highest BCUT2D eigenvalue weighted by atomic mass is 19.1. The van der Waals surface area contributed by atoms with Crippen LogP contribution in [0.25, 0.3) is 0 Å². The Kier molecular flexibility index (Phi) is 6.84. The first-order valence-electron chi connectivity index (χ1n) is 10.9. The number of hydrogen-bond acceptors (Lipinski definition) is 5. The Morgan fingerprint density at radius 1 is 1.03 bits per heavy atom. The zero-order chi connectivity index (χ0) is 20.9. The number of carbonyl (C=O) groups excluding carboxylic acids is 2. The molecule has 0 bridgehead atoms. The standard InChI is InChI=1S/C22H30FN3O4/c23-17-3-5-19(6-4-17)29-15-20-14-26(22(28)16-30-20)18-7-10-24(11-8-18)12-13-25-9-1-2-21(25)27/h3-6,18,20H,1-2,7-16H2/t20-/m0/s1. The van der Waals surface area contributed by atoms with E-state index < -0.39 is 0 Å². The van der Waals surface area contributed by atoms with E-state index in [1.807, 2.05) is 9.80 Å². The maximum absolute atomic E-state index is 13.0. The fraction of sp³-hybridized carbons (Fsp3) is 0.636. The summed E-state index contributed by atoms with van der Waals surface area (Å²) in [4.78, 5) is 30.5. The Morgan fingerprint density at radius 2 is 1.80 bits per heavy atom. The Hall–Kier alpha value is -2.19. The largest absolute Gasteiger partial charge is 0.491 e. The van der Waals surface area contributed by atoms with Gasteiger partial charge in [0.05, 0.1) is 6.54 Å². The minimum absolute atomic E-state index is 0.0362. The van der Waals surface area contributed by atoms with E-state index in [-0.39, 0.29) is 36.4 Å². The lowest BCUT2D eigenvalue weighted by atomic mass is 10.0. The summed E-state index contributed by atoms with van der Waals surface area (Å²) >= 11 is 0. The molecule has 1 aromatic rings. The van der Waals surface area contributed by atoms with Crippen LogP contribution < -0.4 is 4.74 Å². The number of amides is 2. The van der Waals surface area contributed by atoms with Crippen molar-refractivity contribution in [3.8, 4) is 5.75 Å². The molecule has 164 valence electrons. The van der Waals surface area contributed by atoms with Crippen LogP contribution in [0, 0.1) is 5.82 Å². The summed E-state index contributed by atoms with van der Waals surface area (Å²) in [6.45, 7) is 5.41. The molecule has 3 saturated heterocycles. The fourth-order valence-corrected chi connectivity index (χ4v) is 4.48. The van der Waals surface area contributed by atoms with E-state index in [9.17, 15) is 14.0 Å². The topological polar surface area (TPSA) is 62.3 Å². The van der Waals surface area contributed by atoms with Gasteiger partial charge in [-0.15, -0.1) is 0 Å². The molecule has 0 unspecified atom stereocenters. The molecule has 2 amide bonds. The number of benzene rings is 1. The van der Waals surface area contributed by atoms with Crippen LogP contribution in [0.2, 0.25) is 0 Å². The molecule has 3 aliphatic heterocycles. The molecular formula is C22H30FN3O4. The number of halogens is 1. The van der Waals surface area contributed by atoms with Crippen molar-refractivity contribution >= 4 is 11.8 Å². The van der Waals surface area contributed by atoms with Crippen LogP contribution in [-0.4, -0.2) is 91.1 Å². The Morgan fingerprint density at radius 3 is 2.50 bits per heavy atom. The van der Waals surface area contributed by atoms with Crippen molar-refractivity contribution in [2.24, 2.45) is 0 Å². The van der Waals surface area contributed by atoms with Crippen molar-refractivity contribution in [2.75, 3.05) is 52.5 Å². The number of morpholine rings is 1. The molecule has 4 rings (SSSR count). The first-order chi connectivity index (χ1) is 14.6. The summed E-state index contributed by atoms with van der Waals surface area (Å²) in [5.74, 6) is 0.603. The van der Waals surface area contributed by atoms with Gasteiger partial charge < -0.3 is 24.2 Å². The van der Waals surface area contributed by atoms with Crippen LogP contribution in [0.3, 0.4) is 0 Å². The van der Waals surface area contributed by atoms with Gasteiger partial charge in [0.1, 0.15) is 30.9 Å². The summed E-state index contributed by atoms with van der Waals surface area (Å²) < 4.78 is 24.4. The zero-order valence-electron chi connectivity index (χ0n) is 17.3. The van der Waals surface area contributed by atoms with Gasteiger partial charge >= 0.3 is 0 Å².